The van der Waals surface area contributed by atoms with Crippen molar-refractivity contribution in [1.29, 1.82) is 0 Å². The van der Waals surface area contributed by atoms with Crippen molar-refractivity contribution in [3.05, 3.63) is 65.7 Å². The van der Waals surface area contributed by atoms with Gasteiger partial charge in [0.15, 0.2) is 0 Å². The quantitative estimate of drug-likeness (QED) is 0.788. The van der Waals surface area contributed by atoms with Crippen LogP contribution in [0.1, 0.15) is 29.8 Å². The predicted octanol–water partition coefficient (Wildman–Crippen LogP) is 3.84. The van der Waals surface area contributed by atoms with E-state index in [1.165, 1.54) is 0 Å². The lowest BCUT2D eigenvalue weighted by molar-refractivity contribution is -0.117. The van der Waals surface area contributed by atoms with Gasteiger partial charge in [-0.05, 0) is 32.4 Å². The van der Waals surface area contributed by atoms with Gasteiger partial charge in [-0.3, -0.25) is 14.5 Å². The minimum atomic E-state index is -0.287. The number of pyridine rings is 1. The highest BCUT2D eigenvalue weighted by Gasteiger charge is 2.23. The number of aromatic nitrogens is 3. The molecule has 0 saturated heterocycles. The van der Waals surface area contributed by atoms with Crippen molar-refractivity contribution >= 4 is 11.6 Å². The van der Waals surface area contributed by atoms with E-state index >= 15 is 0 Å². The molecule has 1 N–H and O–H groups in total. The number of anilines is 1. The molecule has 0 aliphatic heterocycles. The number of benzene rings is 1. The van der Waals surface area contributed by atoms with Gasteiger partial charge in [0, 0.05) is 36.3 Å². The Labute approximate surface area is 147 Å². The van der Waals surface area contributed by atoms with Crippen LogP contribution in [-0.2, 0) is 11.8 Å². The number of aryl methyl sites for hydroxylation is 2. The Bertz CT molecular complexity index is 899. The molecule has 0 fully saturated rings. The lowest BCUT2D eigenvalue weighted by Crippen LogP contribution is -2.20. The standard InChI is InChI=1S/C20H22N4O/c1-13(19-14(2)23-24(4)15(19)3)20(25)22-18-10-11-21-12-17(18)16-8-6-5-7-9-16/h5-13H,1-4H3,(H,21,22,25). The molecule has 128 valence electrons. The SMILES string of the molecule is Cc1nn(C)c(C)c1C(C)C(=O)Nc1ccncc1-c1ccccc1. The molecular weight excluding hydrogens is 312 g/mol. The Morgan fingerprint density at radius 3 is 2.52 bits per heavy atom. The van der Waals surface area contributed by atoms with Gasteiger partial charge in [0.05, 0.1) is 17.3 Å². The molecular formula is C20H22N4O. The smallest absolute Gasteiger partial charge is 0.231 e. The zero-order valence-electron chi connectivity index (χ0n) is 14.9. The largest absolute Gasteiger partial charge is 0.325 e. The van der Waals surface area contributed by atoms with Crippen molar-refractivity contribution in [2.24, 2.45) is 7.05 Å². The van der Waals surface area contributed by atoms with Gasteiger partial charge in [0.25, 0.3) is 0 Å². The maximum Gasteiger partial charge on any atom is 0.231 e. The number of nitrogens with zero attached hydrogens (tertiary/aromatic N) is 3. The first-order valence-electron chi connectivity index (χ1n) is 8.29. The average Bonchev–Trinajstić information content (AvgIpc) is 2.87. The van der Waals surface area contributed by atoms with Gasteiger partial charge in [0.1, 0.15) is 0 Å². The normalized spacial score (nSPS) is 12.0. The van der Waals surface area contributed by atoms with Crippen LogP contribution in [0.5, 0.6) is 0 Å². The number of amides is 1. The number of carbonyl (C=O) groups excluding carboxylic acids is 1. The van der Waals surface area contributed by atoms with Crippen molar-refractivity contribution < 1.29 is 4.79 Å². The van der Waals surface area contributed by atoms with Crippen molar-refractivity contribution in [1.82, 2.24) is 14.8 Å². The van der Waals surface area contributed by atoms with Crippen LogP contribution in [0.25, 0.3) is 11.1 Å². The molecule has 3 rings (SSSR count). The van der Waals surface area contributed by atoms with Crippen LogP contribution in [0.15, 0.2) is 48.8 Å². The third-order valence-corrected chi connectivity index (χ3v) is 4.56. The van der Waals surface area contributed by atoms with Crippen molar-refractivity contribution in [2.45, 2.75) is 26.7 Å². The summed E-state index contributed by atoms with van der Waals surface area (Å²) in [5.41, 5.74) is 5.57. The van der Waals surface area contributed by atoms with Gasteiger partial charge in [-0.1, -0.05) is 30.3 Å². The molecule has 3 aromatic rings. The molecule has 0 spiro atoms. The summed E-state index contributed by atoms with van der Waals surface area (Å²) in [4.78, 5) is 17.0. The molecule has 5 heteroatoms. The Morgan fingerprint density at radius 1 is 1.16 bits per heavy atom. The molecule has 25 heavy (non-hydrogen) atoms. The van der Waals surface area contributed by atoms with Gasteiger partial charge >= 0.3 is 0 Å². The molecule has 2 heterocycles. The maximum absolute atomic E-state index is 12.8. The Kier molecular flexibility index (Phi) is 4.65. The molecule has 0 bridgehead atoms. The first-order valence-corrected chi connectivity index (χ1v) is 8.29. The van der Waals surface area contributed by atoms with Crippen LogP contribution in [0.3, 0.4) is 0 Å². The third kappa shape index (κ3) is 3.31. The second kappa shape index (κ2) is 6.89. The van der Waals surface area contributed by atoms with E-state index in [1.54, 1.807) is 12.4 Å². The van der Waals surface area contributed by atoms with E-state index in [9.17, 15) is 4.79 Å². The number of nitrogens with one attached hydrogen (secondary N) is 1. The first kappa shape index (κ1) is 16.9. The molecule has 0 aliphatic rings. The van der Waals surface area contributed by atoms with Crippen LogP contribution < -0.4 is 5.32 Å². The fourth-order valence-corrected chi connectivity index (χ4v) is 3.14. The zero-order chi connectivity index (χ0) is 18.0. The second-order valence-corrected chi connectivity index (χ2v) is 6.21. The minimum absolute atomic E-state index is 0.0532. The van der Waals surface area contributed by atoms with E-state index < -0.39 is 0 Å². The van der Waals surface area contributed by atoms with E-state index in [0.717, 1.165) is 33.8 Å². The monoisotopic (exact) mass is 334 g/mol. The second-order valence-electron chi connectivity index (χ2n) is 6.21. The summed E-state index contributed by atoms with van der Waals surface area (Å²) in [5, 5.41) is 7.47. The molecule has 1 unspecified atom stereocenters. The van der Waals surface area contributed by atoms with Gasteiger partial charge in [-0.2, -0.15) is 5.10 Å². The lowest BCUT2D eigenvalue weighted by Gasteiger charge is -2.15. The summed E-state index contributed by atoms with van der Waals surface area (Å²) in [5.74, 6) is -0.340. The highest BCUT2D eigenvalue weighted by atomic mass is 16.1. The van der Waals surface area contributed by atoms with Crippen LogP contribution in [0, 0.1) is 13.8 Å². The molecule has 1 amide bonds. The molecule has 5 nitrogen and oxygen atoms in total. The summed E-state index contributed by atoms with van der Waals surface area (Å²) in [7, 11) is 1.90. The Morgan fingerprint density at radius 2 is 1.88 bits per heavy atom. The summed E-state index contributed by atoms with van der Waals surface area (Å²) in [6.07, 6.45) is 3.46. The van der Waals surface area contributed by atoms with E-state index in [-0.39, 0.29) is 11.8 Å². The molecule has 0 aliphatic carbocycles. The fraction of sp³-hybridized carbons (Fsp3) is 0.250. The van der Waals surface area contributed by atoms with Gasteiger partial charge in [0.2, 0.25) is 5.91 Å². The van der Waals surface area contributed by atoms with E-state index in [0.29, 0.717) is 0 Å². The molecule has 1 atom stereocenters. The summed E-state index contributed by atoms with van der Waals surface area (Å²) < 4.78 is 1.82. The van der Waals surface area contributed by atoms with Crippen molar-refractivity contribution in [3.63, 3.8) is 0 Å². The summed E-state index contributed by atoms with van der Waals surface area (Å²) >= 11 is 0. The molecule has 1 aromatic carbocycles. The van der Waals surface area contributed by atoms with Crippen LogP contribution in [0.2, 0.25) is 0 Å². The predicted molar refractivity (Wildman–Crippen MR) is 99.4 cm³/mol. The highest BCUT2D eigenvalue weighted by Crippen LogP contribution is 2.29. The van der Waals surface area contributed by atoms with Crippen LogP contribution in [-0.4, -0.2) is 20.7 Å². The summed E-state index contributed by atoms with van der Waals surface area (Å²) in [6, 6.07) is 11.7. The zero-order valence-corrected chi connectivity index (χ0v) is 14.9. The topological polar surface area (TPSA) is 59.8 Å². The van der Waals surface area contributed by atoms with Crippen LogP contribution >= 0.6 is 0 Å². The highest BCUT2D eigenvalue weighted by molar-refractivity contribution is 5.99. The van der Waals surface area contributed by atoms with E-state index in [2.05, 4.69) is 15.4 Å². The number of hydrogen-bond acceptors (Lipinski definition) is 3. The van der Waals surface area contributed by atoms with Crippen molar-refractivity contribution in [3.8, 4) is 11.1 Å². The Balaban J connectivity index is 1.89. The fourth-order valence-electron chi connectivity index (χ4n) is 3.14. The molecule has 0 radical (unpaired) electrons. The summed E-state index contributed by atoms with van der Waals surface area (Å²) in [6.45, 7) is 5.84. The Hall–Kier alpha value is -2.95. The molecule has 2 aromatic heterocycles. The lowest BCUT2D eigenvalue weighted by atomic mass is 9.97. The van der Waals surface area contributed by atoms with Gasteiger partial charge in [-0.15, -0.1) is 0 Å². The number of hydrogen-bond donors (Lipinski definition) is 1. The van der Waals surface area contributed by atoms with Gasteiger partial charge in [-0.25, -0.2) is 0 Å². The number of rotatable bonds is 4. The maximum atomic E-state index is 12.8. The van der Waals surface area contributed by atoms with Crippen LogP contribution in [0.4, 0.5) is 5.69 Å². The van der Waals surface area contributed by atoms with Crippen molar-refractivity contribution in [2.75, 3.05) is 5.32 Å². The van der Waals surface area contributed by atoms with E-state index in [1.807, 2.05) is 68.9 Å². The average molecular weight is 334 g/mol. The van der Waals surface area contributed by atoms with Gasteiger partial charge < -0.3 is 5.32 Å². The molecule has 0 saturated carbocycles. The van der Waals surface area contributed by atoms with E-state index in [4.69, 9.17) is 0 Å². The first-order chi connectivity index (χ1) is 12.0. The minimum Gasteiger partial charge on any atom is -0.325 e. The number of carbonyl (C=O) groups is 1. The third-order valence-electron chi connectivity index (χ3n) is 4.56.